The van der Waals surface area contributed by atoms with Crippen molar-refractivity contribution >= 4 is 22.5 Å². The monoisotopic (exact) mass is 537 g/mol. The van der Waals surface area contributed by atoms with E-state index in [0.717, 1.165) is 48.1 Å². The Labute approximate surface area is 222 Å². The molecule has 200 valence electrons. The molecule has 1 saturated carbocycles. The van der Waals surface area contributed by atoms with E-state index < -0.39 is 16.2 Å². The number of benzene rings is 2. The molecule has 3 aliphatic rings. The van der Waals surface area contributed by atoms with Gasteiger partial charge in [-0.1, -0.05) is 24.3 Å². The van der Waals surface area contributed by atoms with Crippen LogP contribution < -0.4 is 10.1 Å². The summed E-state index contributed by atoms with van der Waals surface area (Å²) >= 11 is 0. The van der Waals surface area contributed by atoms with Crippen molar-refractivity contribution in [3.63, 3.8) is 0 Å². The van der Waals surface area contributed by atoms with Gasteiger partial charge in [-0.15, -0.1) is 10.8 Å². The van der Waals surface area contributed by atoms with E-state index in [0.29, 0.717) is 29.6 Å². The molecular weight excluding hydrogens is 506 g/mol. The van der Waals surface area contributed by atoms with Gasteiger partial charge in [0.1, 0.15) is 11.6 Å². The lowest BCUT2D eigenvalue weighted by atomic mass is 9.93. The lowest BCUT2D eigenvalue weighted by Gasteiger charge is -2.43. The predicted molar refractivity (Wildman–Crippen MR) is 144 cm³/mol. The summed E-state index contributed by atoms with van der Waals surface area (Å²) in [6.45, 7) is 1.14. The third kappa shape index (κ3) is 4.57. The van der Waals surface area contributed by atoms with E-state index in [1.54, 1.807) is 34.6 Å². The molecule has 4 N–H and O–H groups in total. The molecule has 9 nitrogen and oxygen atoms in total. The number of fused-ring (bicyclic) bond motifs is 1. The van der Waals surface area contributed by atoms with Crippen molar-refractivity contribution in [3.05, 3.63) is 71.8 Å². The van der Waals surface area contributed by atoms with Crippen LogP contribution >= 0.6 is 10.8 Å². The first-order chi connectivity index (χ1) is 18.4. The molecule has 1 atom stereocenters. The molecule has 2 fully saturated rings. The number of hydrogen-bond acceptors (Lipinski definition) is 8. The summed E-state index contributed by atoms with van der Waals surface area (Å²) < 4.78 is 34.3. The zero-order valence-electron chi connectivity index (χ0n) is 20.9. The van der Waals surface area contributed by atoms with Crippen LogP contribution in [0.4, 0.5) is 5.82 Å². The number of amides is 1. The molecule has 2 aliphatic heterocycles. The second-order valence-electron chi connectivity index (χ2n) is 10.0. The topological polar surface area (TPSA) is 124 Å². The molecule has 0 spiro atoms. The van der Waals surface area contributed by atoms with Gasteiger partial charge in [-0.25, -0.2) is 4.98 Å². The Balaban J connectivity index is 1.18. The number of aliphatic hydroxyl groups is 1. The molecule has 0 unspecified atom stereocenters. The highest BCUT2D eigenvalue weighted by Gasteiger charge is 2.51. The number of pyridine rings is 1. The van der Waals surface area contributed by atoms with Crippen molar-refractivity contribution < 1.29 is 28.5 Å². The van der Waals surface area contributed by atoms with E-state index in [1.807, 2.05) is 30.3 Å². The first-order valence-electron chi connectivity index (χ1n) is 12.8. The van der Waals surface area contributed by atoms with Crippen molar-refractivity contribution in [2.75, 3.05) is 25.3 Å². The molecular formula is C28H31N3O6S. The van der Waals surface area contributed by atoms with Crippen molar-refractivity contribution in [3.8, 4) is 17.0 Å². The third-order valence-corrected chi connectivity index (χ3v) is 9.71. The number of aliphatic hydroxyl groups excluding tert-OH is 1. The number of carbonyl (C=O) groups is 1. The van der Waals surface area contributed by atoms with Gasteiger partial charge in [-0.2, -0.15) is 4.31 Å². The van der Waals surface area contributed by atoms with Crippen LogP contribution in [0.1, 0.15) is 36.8 Å². The molecule has 3 heterocycles. The lowest BCUT2D eigenvalue weighted by Crippen LogP contribution is -2.34. The average Bonchev–Trinajstić information content (AvgIpc) is 3.62. The maximum absolute atomic E-state index is 13.4. The number of anilines is 1. The van der Waals surface area contributed by atoms with Gasteiger partial charge in [-0.3, -0.25) is 13.9 Å². The Hall–Kier alpha value is -2.99. The van der Waals surface area contributed by atoms with Gasteiger partial charge in [0.2, 0.25) is 5.91 Å². The molecule has 0 bridgehead atoms. The Bertz CT molecular complexity index is 1340. The fourth-order valence-electron chi connectivity index (χ4n) is 5.33. The fourth-order valence-corrected chi connectivity index (χ4v) is 7.07. The summed E-state index contributed by atoms with van der Waals surface area (Å²) in [5.74, 6) is 1.17. The van der Waals surface area contributed by atoms with Crippen LogP contribution in [0.15, 0.2) is 65.6 Å². The fraction of sp³-hybridized carbons (Fsp3) is 0.357. The number of ether oxygens (including phenoxy) is 2. The van der Waals surface area contributed by atoms with Gasteiger partial charge in [-0.05, 0) is 67.6 Å². The Morgan fingerprint density at radius 3 is 2.71 bits per heavy atom. The molecule has 1 aliphatic carbocycles. The second kappa shape index (κ2) is 9.96. The zero-order valence-corrected chi connectivity index (χ0v) is 21.7. The van der Waals surface area contributed by atoms with E-state index in [9.17, 15) is 19.0 Å². The zero-order chi connectivity index (χ0) is 26.3. The highest BCUT2D eigenvalue weighted by Crippen LogP contribution is 2.55. The van der Waals surface area contributed by atoms with E-state index in [2.05, 4.69) is 10.3 Å². The van der Waals surface area contributed by atoms with E-state index in [-0.39, 0.29) is 25.3 Å². The van der Waals surface area contributed by atoms with Gasteiger partial charge in [0.25, 0.3) is 0 Å². The predicted octanol–water partition coefficient (Wildman–Crippen LogP) is 4.77. The van der Waals surface area contributed by atoms with Crippen molar-refractivity contribution in [1.29, 1.82) is 0 Å². The highest BCUT2D eigenvalue weighted by atomic mass is 32.3. The SMILES string of the molecule is O=C(Nc1cccc(-c2ccc(S(O)(O)N3CCC[C@@H]3CO)cc2)n1)C1(c2ccc3c(c2)COCO3)CC1. The largest absolute Gasteiger partial charge is 0.467 e. The van der Waals surface area contributed by atoms with Crippen LogP contribution in [0.25, 0.3) is 11.3 Å². The maximum atomic E-state index is 13.4. The first-order valence-corrected chi connectivity index (χ1v) is 14.3. The molecule has 38 heavy (non-hydrogen) atoms. The Kier molecular flexibility index (Phi) is 6.63. The van der Waals surface area contributed by atoms with Gasteiger partial charge >= 0.3 is 0 Å². The van der Waals surface area contributed by atoms with Crippen LogP contribution in [0.3, 0.4) is 0 Å². The summed E-state index contributed by atoms with van der Waals surface area (Å²) in [4.78, 5) is 18.4. The minimum Gasteiger partial charge on any atom is -0.467 e. The van der Waals surface area contributed by atoms with Crippen molar-refractivity contribution in [1.82, 2.24) is 9.29 Å². The molecule has 0 radical (unpaired) electrons. The van der Waals surface area contributed by atoms with Crippen LogP contribution in [0.2, 0.25) is 0 Å². The van der Waals surface area contributed by atoms with Crippen molar-refractivity contribution in [2.24, 2.45) is 0 Å². The molecule has 10 heteroatoms. The summed E-state index contributed by atoms with van der Waals surface area (Å²) in [6.07, 6.45) is 3.09. The van der Waals surface area contributed by atoms with Crippen LogP contribution in [-0.4, -0.2) is 55.4 Å². The van der Waals surface area contributed by atoms with Crippen molar-refractivity contribution in [2.45, 2.75) is 48.6 Å². The van der Waals surface area contributed by atoms with E-state index in [1.165, 1.54) is 0 Å². The first kappa shape index (κ1) is 25.3. The summed E-state index contributed by atoms with van der Waals surface area (Å²) in [6, 6.07) is 18.0. The molecule has 3 aromatic rings. The van der Waals surface area contributed by atoms with Crippen LogP contribution in [0.5, 0.6) is 5.75 Å². The average molecular weight is 538 g/mol. The number of aromatic nitrogens is 1. The van der Waals surface area contributed by atoms with Gasteiger partial charge < -0.3 is 19.9 Å². The molecule has 1 amide bonds. The molecule has 1 saturated heterocycles. The normalized spacial score (nSPS) is 20.9. The molecule has 6 rings (SSSR count). The molecule has 1 aromatic heterocycles. The van der Waals surface area contributed by atoms with Gasteiger partial charge in [0.15, 0.2) is 6.79 Å². The minimum atomic E-state index is -3.18. The Morgan fingerprint density at radius 1 is 1.13 bits per heavy atom. The number of hydrogen-bond donors (Lipinski definition) is 4. The van der Waals surface area contributed by atoms with Crippen LogP contribution in [0, 0.1) is 0 Å². The standard InChI is InChI=1S/C28H31N3O6S/c32-16-22-3-2-14-31(22)38(34,35)23-9-6-19(7-10-23)24-4-1-5-26(29-24)30-27(33)28(12-13-28)21-8-11-25-20(15-21)17-36-18-37-25/h1,4-11,15,22,32,34-35H,2-3,12-14,16-18H2,(H,29,30,33)/t22-/m1/s1. The summed E-state index contributed by atoms with van der Waals surface area (Å²) in [5, 5.41) is 12.6. The van der Waals surface area contributed by atoms with Gasteiger partial charge in [0, 0.05) is 17.7 Å². The summed E-state index contributed by atoms with van der Waals surface area (Å²) in [5.41, 5.74) is 2.77. The minimum absolute atomic E-state index is 0.0897. The van der Waals surface area contributed by atoms with E-state index in [4.69, 9.17) is 9.47 Å². The second-order valence-corrected chi connectivity index (χ2v) is 12.0. The molecule has 2 aromatic carbocycles. The lowest BCUT2D eigenvalue weighted by molar-refractivity contribution is -0.118. The number of nitrogens with zero attached hydrogens (tertiary/aromatic N) is 2. The van der Waals surface area contributed by atoms with Gasteiger partial charge in [0.05, 0.1) is 35.3 Å². The Morgan fingerprint density at radius 2 is 1.95 bits per heavy atom. The number of rotatable bonds is 7. The summed E-state index contributed by atoms with van der Waals surface area (Å²) in [7, 11) is -3.18. The van der Waals surface area contributed by atoms with E-state index >= 15 is 0 Å². The third-order valence-electron chi connectivity index (χ3n) is 7.67. The van der Waals surface area contributed by atoms with Crippen LogP contribution in [-0.2, 0) is 21.6 Å². The maximum Gasteiger partial charge on any atom is 0.236 e. The number of nitrogens with one attached hydrogen (secondary N) is 1. The number of carbonyl (C=O) groups excluding carboxylic acids is 1. The highest BCUT2D eigenvalue weighted by molar-refractivity contribution is 8.22. The quantitative estimate of drug-likeness (QED) is 0.340. The smallest absolute Gasteiger partial charge is 0.236 e.